The summed E-state index contributed by atoms with van der Waals surface area (Å²) in [7, 11) is 0. The molecule has 0 saturated carbocycles. The maximum atomic E-state index is 10.4. The standard InChI is InChI=1S/C10H10N2O3/c11-5-7-1-3-8(4-2-7)9(6-13)12-10(14)15/h1-4,9,12-13H,6H2,(H,14,15)/t9-/m0/s1. The van der Waals surface area contributed by atoms with E-state index in [0.717, 1.165) is 0 Å². The van der Waals surface area contributed by atoms with E-state index in [1.807, 2.05) is 6.07 Å². The van der Waals surface area contributed by atoms with Crippen LogP contribution in [0.25, 0.3) is 0 Å². The summed E-state index contributed by atoms with van der Waals surface area (Å²) in [4.78, 5) is 10.4. The summed E-state index contributed by atoms with van der Waals surface area (Å²) in [5.41, 5.74) is 1.12. The molecule has 0 saturated heterocycles. The minimum Gasteiger partial charge on any atom is -0.465 e. The Morgan fingerprint density at radius 1 is 1.47 bits per heavy atom. The van der Waals surface area contributed by atoms with Gasteiger partial charge in [0, 0.05) is 0 Å². The monoisotopic (exact) mass is 206 g/mol. The van der Waals surface area contributed by atoms with E-state index in [1.54, 1.807) is 24.3 Å². The Balaban J connectivity index is 2.84. The average Bonchev–Trinajstić information content (AvgIpc) is 2.26. The number of aliphatic hydroxyl groups is 1. The molecular formula is C10H10N2O3. The predicted molar refractivity (Wildman–Crippen MR) is 52.1 cm³/mol. The number of benzene rings is 1. The molecule has 0 aliphatic heterocycles. The Bertz CT molecular complexity index is 381. The zero-order valence-electron chi connectivity index (χ0n) is 7.84. The van der Waals surface area contributed by atoms with Crippen LogP contribution < -0.4 is 5.32 Å². The highest BCUT2D eigenvalue weighted by Gasteiger charge is 2.12. The molecule has 1 atom stereocenters. The number of carbonyl (C=O) groups is 1. The number of carboxylic acid groups (broad SMARTS) is 1. The third-order valence-electron chi connectivity index (χ3n) is 1.92. The molecule has 3 N–H and O–H groups in total. The van der Waals surface area contributed by atoms with E-state index >= 15 is 0 Å². The molecule has 0 radical (unpaired) electrons. The van der Waals surface area contributed by atoms with Crippen LogP contribution in [0.4, 0.5) is 4.79 Å². The molecule has 15 heavy (non-hydrogen) atoms. The van der Waals surface area contributed by atoms with E-state index in [-0.39, 0.29) is 6.61 Å². The van der Waals surface area contributed by atoms with E-state index in [9.17, 15) is 4.79 Å². The predicted octanol–water partition coefficient (Wildman–Crippen LogP) is 0.859. The van der Waals surface area contributed by atoms with Gasteiger partial charge in [0.2, 0.25) is 0 Å². The largest absolute Gasteiger partial charge is 0.465 e. The van der Waals surface area contributed by atoms with Crippen LogP contribution in [0.2, 0.25) is 0 Å². The van der Waals surface area contributed by atoms with Gasteiger partial charge in [-0.15, -0.1) is 0 Å². The number of nitrogens with zero attached hydrogens (tertiary/aromatic N) is 1. The Kier molecular flexibility index (Phi) is 3.66. The summed E-state index contributed by atoms with van der Waals surface area (Å²) in [6.07, 6.45) is -1.20. The normalized spacial score (nSPS) is 11.5. The Hall–Kier alpha value is -2.06. The van der Waals surface area contributed by atoms with Crippen molar-refractivity contribution < 1.29 is 15.0 Å². The zero-order valence-corrected chi connectivity index (χ0v) is 7.84. The highest BCUT2D eigenvalue weighted by atomic mass is 16.4. The molecule has 0 spiro atoms. The van der Waals surface area contributed by atoms with E-state index in [4.69, 9.17) is 15.5 Å². The first-order valence-corrected chi connectivity index (χ1v) is 4.27. The van der Waals surface area contributed by atoms with Gasteiger partial charge in [0.25, 0.3) is 0 Å². The molecule has 0 aromatic heterocycles. The molecule has 0 aliphatic carbocycles. The molecule has 0 fully saturated rings. The molecule has 78 valence electrons. The molecule has 1 aromatic carbocycles. The van der Waals surface area contributed by atoms with Gasteiger partial charge in [0.05, 0.1) is 24.3 Å². The van der Waals surface area contributed by atoms with E-state index < -0.39 is 12.1 Å². The highest BCUT2D eigenvalue weighted by molar-refractivity contribution is 5.65. The lowest BCUT2D eigenvalue weighted by atomic mass is 10.1. The number of nitriles is 1. The molecule has 0 bridgehead atoms. The SMILES string of the molecule is N#Cc1ccc([C@H](CO)NC(=O)O)cc1. The molecule has 1 rings (SSSR count). The van der Waals surface area contributed by atoms with Gasteiger partial charge in [-0.2, -0.15) is 5.26 Å². The van der Waals surface area contributed by atoms with Gasteiger partial charge in [0.1, 0.15) is 0 Å². The molecule has 5 heteroatoms. The smallest absolute Gasteiger partial charge is 0.405 e. The van der Waals surface area contributed by atoms with Crippen LogP contribution in [0.5, 0.6) is 0 Å². The third-order valence-corrected chi connectivity index (χ3v) is 1.92. The molecule has 0 heterocycles. The lowest BCUT2D eigenvalue weighted by Gasteiger charge is -2.14. The van der Waals surface area contributed by atoms with Crippen molar-refractivity contribution in [3.05, 3.63) is 35.4 Å². The minimum atomic E-state index is -1.20. The quantitative estimate of drug-likeness (QED) is 0.683. The van der Waals surface area contributed by atoms with Crippen LogP contribution >= 0.6 is 0 Å². The number of hydrogen-bond acceptors (Lipinski definition) is 3. The topological polar surface area (TPSA) is 93.4 Å². The first kappa shape index (κ1) is 11.0. The van der Waals surface area contributed by atoms with Crippen molar-refractivity contribution in [3.8, 4) is 6.07 Å². The number of amides is 1. The van der Waals surface area contributed by atoms with Crippen molar-refractivity contribution in [2.75, 3.05) is 6.61 Å². The van der Waals surface area contributed by atoms with Crippen molar-refractivity contribution in [2.24, 2.45) is 0 Å². The Morgan fingerprint density at radius 2 is 2.07 bits per heavy atom. The van der Waals surface area contributed by atoms with Gasteiger partial charge >= 0.3 is 6.09 Å². The molecule has 1 amide bonds. The lowest BCUT2D eigenvalue weighted by Crippen LogP contribution is -2.29. The number of aliphatic hydroxyl groups excluding tert-OH is 1. The van der Waals surface area contributed by atoms with Crippen LogP contribution in [0.3, 0.4) is 0 Å². The van der Waals surface area contributed by atoms with Crippen LogP contribution in [0.1, 0.15) is 17.2 Å². The Labute approximate surface area is 86.6 Å². The first-order chi connectivity index (χ1) is 7.17. The molecule has 5 nitrogen and oxygen atoms in total. The molecule has 1 aromatic rings. The molecular weight excluding hydrogens is 196 g/mol. The van der Waals surface area contributed by atoms with Gasteiger partial charge in [-0.1, -0.05) is 12.1 Å². The Morgan fingerprint density at radius 3 is 2.47 bits per heavy atom. The number of nitrogens with one attached hydrogen (secondary N) is 1. The fraction of sp³-hybridized carbons (Fsp3) is 0.200. The second kappa shape index (κ2) is 4.98. The molecule has 0 aliphatic rings. The second-order valence-electron chi connectivity index (χ2n) is 2.92. The maximum Gasteiger partial charge on any atom is 0.405 e. The van der Waals surface area contributed by atoms with Crippen molar-refractivity contribution in [1.29, 1.82) is 5.26 Å². The van der Waals surface area contributed by atoms with Crippen LogP contribution in [-0.2, 0) is 0 Å². The highest BCUT2D eigenvalue weighted by Crippen LogP contribution is 2.13. The zero-order chi connectivity index (χ0) is 11.3. The third kappa shape index (κ3) is 2.97. The second-order valence-corrected chi connectivity index (χ2v) is 2.92. The maximum absolute atomic E-state index is 10.4. The summed E-state index contributed by atoms with van der Waals surface area (Å²) in [6.45, 7) is -0.321. The number of rotatable bonds is 3. The van der Waals surface area contributed by atoms with Crippen molar-refractivity contribution in [2.45, 2.75) is 6.04 Å². The van der Waals surface area contributed by atoms with E-state index in [2.05, 4.69) is 5.32 Å². The number of hydrogen-bond donors (Lipinski definition) is 3. The van der Waals surface area contributed by atoms with Gasteiger partial charge in [-0.05, 0) is 17.7 Å². The van der Waals surface area contributed by atoms with Crippen molar-refractivity contribution in [3.63, 3.8) is 0 Å². The van der Waals surface area contributed by atoms with Gasteiger partial charge in [-0.25, -0.2) is 4.79 Å². The van der Waals surface area contributed by atoms with E-state index in [0.29, 0.717) is 11.1 Å². The van der Waals surface area contributed by atoms with Gasteiger partial charge < -0.3 is 15.5 Å². The first-order valence-electron chi connectivity index (χ1n) is 4.27. The van der Waals surface area contributed by atoms with Gasteiger partial charge in [0.15, 0.2) is 0 Å². The fourth-order valence-corrected chi connectivity index (χ4v) is 1.17. The van der Waals surface area contributed by atoms with E-state index in [1.165, 1.54) is 0 Å². The summed E-state index contributed by atoms with van der Waals surface area (Å²) < 4.78 is 0. The summed E-state index contributed by atoms with van der Waals surface area (Å²) in [5.74, 6) is 0. The van der Waals surface area contributed by atoms with Gasteiger partial charge in [-0.3, -0.25) is 0 Å². The van der Waals surface area contributed by atoms with Crippen LogP contribution in [-0.4, -0.2) is 22.9 Å². The average molecular weight is 206 g/mol. The van der Waals surface area contributed by atoms with Crippen molar-refractivity contribution in [1.82, 2.24) is 5.32 Å². The van der Waals surface area contributed by atoms with Crippen LogP contribution in [0, 0.1) is 11.3 Å². The summed E-state index contributed by atoms with van der Waals surface area (Å²) in [5, 5.41) is 28.2. The van der Waals surface area contributed by atoms with Crippen molar-refractivity contribution >= 4 is 6.09 Å². The summed E-state index contributed by atoms with van der Waals surface area (Å²) in [6, 6.07) is 7.65. The molecule has 0 unspecified atom stereocenters. The summed E-state index contributed by atoms with van der Waals surface area (Å²) >= 11 is 0. The minimum absolute atomic E-state index is 0.321. The lowest BCUT2D eigenvalue weighted by molar-refractivity contribution is 0.177. The van der Waals surface area contributed by atoms with Crippen LogP contribution in [0.15, 0.2) is 24.3 Å². The fourth-order valence-electron chi connectivity index (χ4n) is 1.17.